The van der Waals surface area contributed by atoms with Crippen molar-refractivity contribution < 1.29 is 14.7 Å². The molecule has 0 aliphatic rings. The van der Waals surface area contributed by atoms with E-state index in [0.717, 1.165) is 5.56 Å². The van der Waals surface area contributed by atoms with Gasteiger partial charge in [0.05, 0.1) is 17.3 Å². The fraction of sp³-hybridized carbons (Fsp3) is 0.368. The molecule has 0 saturated carbocycles. The second kappa shape index (κ2) is 9.73. The summed E-state index contributed by atoms with van der Waals surface area (Å²) in [6.07, 6.45) is 0. The Bertz CT molecular complexity index is 781. The summed E-state index contributed by atoms with van der Waals surface area (Å²) in [6, 6.07) is 6.39. The van der Waals surface area contributed by atoms with Crippen LogP contribution in [0.2, 0.25) is 5.02 Å². The monoisotopic (exact) mass is 409 g/mol. The summed E-state index contributed by atoms with van der Waals surface area (Å²) in [5, 5.41) is 16.2. The summed E-state index contributed by atoms with van der Waals surface area (Å²) in [5.74, 6) is -0.150. The number of aliphatic hydroxyl groups is 1. The Morgan fingerprint density at radius 3 is 2.63 bits per heavy atom. The summed E-state index contributed by atoms with van der Waals surface area (Å²) in [6.45, 7) is 4.26. The van der Waals surface area contributed by atoms with Crippen LogP contribution in [0.4, 0.5) is 10.5 Å². The first-order chi connectivity index (χ1) is 12.8. The van der Waals surface area contributed by atoms with Crippen LogP contribution in [0.5, 0.6) is 0 Å². The molecule has 0 aliphatic carbocycles. The third kappa shape index (κ3) is 5.69. The van der Waals surface area contributed by atoms with Crippen LogP contribution in [-0.2, 0) is 6.54 Å². The number of hydrogen-bond donors (Lipinski definition) is 2. The number of benzene rings is 1. The van der Waals surface area contributed by atoms with E-state index in [1.54, 1.807) is 41.5 Å². The lowest BCUT2D eigenvalue weighted by atomic mass is 10.1. The summed E-state index contributed by atoms with van der Waals surface area (Å²) in [7, 11) is 1.73. The third-order valence-corrected chi connectivity index (χ3v) is 5.22. The number of nitrogens with zero attached hydrogens (tertiary/aromatic N) is 2. The molecule has 1 heterocycles. The number of carbonyl (C=O) groups is 2. The second-order valence-corrected chi connectivity index (χ2v) is 7.60. The lowest BCUT2D eigenvalue weighted by Gasteiger charge is -2.23. The molecule has 0 saturated heterocycles. The van der Waals surface area contributed by atoms with E-state index in [4.69, 9.17) is 11.6 Å². The van der Waals surface area contributed by atoms with E-state index < -0.39 is 0 Å². The first-order valence-electron chi connectivity index (χ1n) is 8.58. The van der Waals surface area contributed by atoms with Crippen LogP contribution >= 0.6 is 22.9 Å². The number of anilines is 1. The highest BCUT2D eigenvalue weighted by Crippen LogP contribution is 2.24. The van der Waals surface area contributed by atoms with Crippen LogP contribution in [0, 0.1) is 0 Å². The van der Waals surface area contributed by atoms with Crippen LogP contribution in [-0.4, -0.2) is 53.1 Å². The minimum atomic E-state index is -0.390. The highest BCUT2D eigenvalue weighted by atomic mass is 35.5. The van der Waals surface area contributed by atoms with Gasteiger partial charge in [0, 0.05) is 31.7 Å². The maximum Gasteiger partial charge on any atom is 0.322 e. The van der Waals surface area contributed by atoms with Crippen molar-refractivity contribution in [1.82, 2.24) is 9.80 Å². The molecule has 1 aromatic carbocycles. The molecular formula is C19H24ClN3O3S. The van der Waals surface area contributed by atoms with Gasteiger partial charge in [-0.25, -0.2) is 4.79 Å². The number of urea groups is 1. The van der Waals surface area contributed by atoms with Crippen LogP contribution in [0.15, 0.2) is 35.0 Å². The van der Waals surface area contributed by atoms with Gasteiger partial charge in [0.1, 0.15) is 0 Å². The largest absolute Gasteiger partial charge is 0.395 e. The van der Waals surface area contributed by atoms with Gasteiger partial charge in [-0.2, -0.15) is 11.3 Å². The van der Waals surface area contributed by atoms with Crippen molar-refractivity contribution in [2.45, 2.75) is 26.4 Å². The number of carbonyl (C=O) groups excluding carboxylic acids is 2. The van der Waals surface area contributed by atoms with Crippen molar-refractivity contribution in [3.8, 4) is 0 Å². The lowest BCUT2D eigenvalue weighted by Crippen LogP contribution is -2.36. The number of thiophene rings is 1. The molecule has 0 bridgehead atoms. The topological polar surface area (TPSA) is 72.9 Å². The number of nitrogens with one attached hydrogen (secondary N) is 1. The molecule has 1 aromatic heterocycles. The Balaban J connectivity index is 2.17. The molecular weight excluding hydrogens is 386 g/mol. The van der Waals surface area contributed by atoms with Crippen molar-refractivity contribution in [3.63, 3.8) is 0 Å². The van der Waals surface area contributed by atoms with Gasteiger partial charge in [0.25, 0.3) is 5.91 Å². The maximum absolute atomic E-state index is 12.7. The zero-order valence-electron chi connectivity index (χ0n) is 15.6. The highest BCUT2D eigenvalue weighted by Gasteiger charge is 2.19. The standard InChI is InChI=1S/C19H24ClN3O3S/c1-13(2)22(3)18(25)15-4-5-16(20)17(10-15)21-19(26)23(7-8-24)11-14-6-9-27-12-14/h4-6,9-10,12-13,24H,7-8,11H2,1-3H3,(H,21,26). The first kappa shape index (κ1) is 21.2. The van der Waals surface area contributed by atoms with E-state index in [0.29, 0.717) is 22.8 Å². The van der Waals surface area contributed by atoms with E-state index in [2.05, 4.69) is 5.32 Å². The lowest BCUT2D eigenvalue weighted by molar-refractivity contribution is 0.0755. The molecule has 0 unspecified atom stereocenters. The van der Waals surface area contributed by atoms with E-state index in [-0.39, 0.29) is 31.1 Å². The molecule has 0 atom stereocenters. The van der Waals surface area contributed by atoms with Gasteiger partial charge in [-0.05, 0) is 54.4 Å². The fourth-order valence-corrected chi connectivity index (χ4v) is 3.19. The summed E-state index contributed by atoms with van der Waals surface area (Å²) in [5.41, 5.74) is 1.78. The highest BCUT2D eigenvalue weighted by molar-refractivity contribution is 7.07. The van der Waals surface area contributed by atoms with E-state index >= 15 is 0 Å². The molecule has 0 aliphatic heterocycles. The van der Waals surface area contributed by atoms with Crippen molar-refractivity contribution in [3.05, 3.63) is 51.2 Å². The van der Waals surface area contributed by atoms with Crippen LogP contribution in [0.1, 0.15) is 29.8 Å². The zero-order valence-corrected chi connectivity index (χ0v) is 17.2. The molecule has 146 valence electrons. The number of amides is 3. The molecule has 0 fully saturated rings. The Kier molecular flexibility index (Phi) is 7.65. The smallest absolute Gasteiger partial charge is 0.322 e. The average molecular weight is 410 g/mol. The van der Waals surface area contributed by atoms with Gasteiger partial charge in [0.2, 0.25) is 0 Å². The zero-order chi connectivity index (χ0) is 20.0. The minimum absolute atomic E-state index is 0.0527. The SMILES string of the molecule is CC(C)N(C)C(=O)c1ccc(Cl)c(NC(=O)N(CCO)Cc2ccsc2)c1. The molecule has 6 nitrogen and oxygen atoms in total. The number of aliphatic hydroxyl groups excluding tert-OH is 1. The first-order valence-corrected chi connectivity index (χ1v) is 9.90. The number of rotatable bonds is 7. The third-order valence-electron chi connectivity index (χ3n) is 4.16. The van der Waals surface area contributed by atoms with Gasteiger partial charge in [0.15, 0.2) is 0 Å². The molecule has 0 spiro atoms. The Hall–Kier alpha value is -2.09. The number of hydrogen-bond acceptors (Lipinski definition) is 4. The molecule has 8 heteroatoms. The summed E-state index contributed by atoms with van der Waals surface area (Å²) in [4.78, 5) is 28.3. The fourth-order valence-electron chi connectivity index (χ4n) is 2.36. The van der Waals surface area contributed by atoms with Crippen molar-refractivity contribution in [2.24, 2.45) is 0 Å². The average Bonchev–Trinajstić information content (AvgIpc) is 3.15. The molecule has 3 amide bonds. The van der Waals surface area contributed by atoms with Crippen molar-refractivity contribution in [2.75, 3.05) is 25.5 Å². The van der Waals surface area contributed by atoms with Gasteiger partial charge in [-0.15, -0.1) is 0 Å². The predicted molar refractivity (Wildman–Crippen MR) is 110 cm³/mol. The van der Waals surface area contributed by atoms with Gasteiger partial charge in [-0.1, -0.05) is 11.6 Å². The minimum Gasteiger partial charge on any atom is -0.395 e. The van der Waals surface area contributed by atoms with Crippen LogP contribution in [0.25, 0.3) is 0 Å². The van der Waals surface area contributed by atoms with Gasteiger partial charge >= 0.3 is 6.03 Å². The van der Waals surface area contributed by atoms with E-state index in [1.165, 1.54) is 4.90 Å². The predicted octanol–water partition coefficient (Wildman–Crippen LogP) is 3.91. The second-order valence-electron chi connectivity index (χ2n) is 6.41. The Labute approximate surface area is 168 Å². The maximum atomic E-state index is 12.7. The molecule has 0 radical (unpaired) electrons. The van der Waals surface area contributed by atoms with Crippen molar-refractivity contribution in [1.29, 1.82) is 0 Å². The van der Waals surface area contributed by atoms with E-state index in [1.807, 2.05) is 30.7 Å². The van der Waals surface area contributed by atoms with Gasteiger partial charge < -0.3 is 20.2 Å². The van der Waals surface area contributed by atoms with Gasteiger partial charge in [-0.3, -0.25) is 4.79 Å². The van der Waals surface area contributed by atoms with Crippen LogP contribution < -0.4 is 5.32 Å². The quantitative estimate of drug-likeness (QED) is 0.728. The molecule has 2 rings (SSSR count). The molecule has 2 N–H and O–H groups in total. The van der Waals surface area contributed by atoms with E-state index in [9.17, 15) is 14.7 Å². The van der Waals surface area contributed by atoms with Crippen LogP contribution in [0.3, 0.4) is 0 Å². The Morgan fingerprint density at radius 2 is 2.04 bits per heavy atom. The normalized spacial score (nSPS) is 10.7. The summed E-state index contributed by atoms with van der Waals surface area (Å²) >= 11 is 7.75. The summed E-state index contributed by atoms with van der Waals surface area (Å²) < 4.78 is 0. The molecule has 2 aromatic rings. The number of halogens is 1. The molecule has 27 heavy (non-hydrogen) atoms. The Morgan fingerprint density at radius 1 is 1.30 bits per heavy atom. The van der Waals surface area contributed by atoms with Crippen molar-refractivity contribution >= 4 is 40.6 Å².